The minimum Gasteiger partial charge on any atom is -0.303 e. The second-order valence-corrected chi connectivity index (χ2v) is 6.29. The van der Waals surface area contributed by atoms with Crippen LogP contribution in [0.2, 0.25) is 0 Å². The molecule has 0 aliphatic carbocycles. The van der Waals surface area contributed by atoms with Gasteiger partial charge in [-0.3, -0.25) is 19.3 Å². The maximum atomic E-state index is 12.4. The highest BCUT2D eigenvalue weighted by molar-refractivity contribution is 5.80. The van der Waals surface area contributed by atoms with E-state index in [0.717, 1.165) is 31.2 Å². The fourth-order valence-corrected chi connectivity index (χ4v) is 2.85. The molecule has 0 bridgehead atoms. The minimum absolute atomic E-state index is 0.334. The van der Waals surface area contributed by atoms with Crippen LogP contribution in [-0.2, 0) is 13.6 Å². The quantitative estimate of drug-likeness (QED) is 0.358. The van der Waals surface area contributed by atoms with E-state index in [9.17, 15) is 9.59 Å². The zero-order chi connectivity index (χ0) is 19.2. The first-order chi connectivity index (χ1) is 13.1. The number of anilines is 1. The van der Waals surface area contributed by atoms with Gasteiger partial charge in [0.1, 0.15) is 0 Å². The van der Waals surface area contributed by atoms with Crippen LogP contribution in [0.1, 0.15) is 38.2 Å². The number of imidazole rings is 1. The lowest BCUT2D eigenvalue weighted by molar-refractivity contribution is 0.593. The van der Waals surface area contributed by atoms with Gasteiger partial charge >= 0.3 is 5.69 Å². The highest BCUT2D eigenvalue weighted by atomic mass is 16.2. The number of fused-ring (bicyclic) bond motifs is 1. The number of aromatic amines is 1. The maximum absolute atomic E-state index is 12.4. The Bertz CT molecular complexity index is 1050. The average Bonchev–Trinajstić information content (AvgIpc) is 3.03. The molecule has 0 aliphatic rings. The monoisotopic (exact) mass is 369 g/mol. The lowest BCUT2D eigenvalue weighted by Gasteiger charge is -2.07. The standard InChI is InChI=1S/C18H23N7O2/c1-3-4-5-6-11-25-14-15(24(2)18(27)22-16(14)26)21-17(25)23-20-12-13-7-9-19-10-8-13/h7-10,12H,3-6,11H2,1-2H3,(H,21,23)(H,22,26,27). The first kappa shape index (κ1) is 18.6. The Kier molecular flexibility index (Phi) is 5.80. The summed E-state index contributed by atoms with van der Waals surface area (Å²) in [6, 6.07) is 3.65. The zero-order valence-corrected chi connectivity index (χ0v) is 15.5. The summed E-state index contributed by atoms with van der Waals surface area (Å²) in [5.41, 5.74) is 3.55. The number of hydrogen-bond acceptors (Lipinski definition) is 6. The first-order valence-corrected chi connectivity index (χ1v) is 9.00. The third kappa shape index (κ3) is 4.13. The van der Waals surface area contributed by atoms with Gasteiger partial charge < -0.3 is 4.57 Å². The second kappa shape index (κ2) is 8.43. The Morgan fingerprint density at radius 1 is 1.22 bits per heavy atom. The lowest BCUT2D eigenvalue weighted by atomic mass is 10.2. The summed E-state index contributed by atoms with van der Waals surface area (Å²) in [5, 5.41) is 4.21. The molecule has 0 saturated heterocycles. The summed E-state index contributed by atoms with van der Waals surface area (Å²) in [6.07, 6.45) is 9.22. The SMILES string of the molecule is CCCCCCn1c(NN=Cc2ccncc2)nc2c1c(=O)[nH]c(=O)n2C. The number of pyridine rings is 1. The molecule has 2 N–H and O–H groups in total. The van der Waals surface area contributed by atoms with Crippen LogP contribution in [-0.4, -0.2) is 30.3 Å². The van der Waals surface area contributed by atoms with E-state index in [-0.39, 0.29) is 0 Å². The summed E-state index contributed by atoms with van der Waals surface area (Å²) in [7, 11) is 1.58. The van der Waals surface area contributed by atoms with Crippen molar-refractivity contribution in [3.8, 4) is 0 Å². The van der Waals surface area contributed by atoms with E-state index in [1.807, 2.05) is 12.1 Å². The smallest absolute Gasteiger partial charge is 0.303 e. The molecule has 142 valence electrons. The van der Waals surface area contributed by atoms with Crippen molar-refractivity contribution in [3.63, 3.8) is 0 Å². The van der Waals surface area contributed by atoms with Gasteiger partial charge in [0, 0.05) is 26.0 Å². The van der Waals surface area contributed by atoms with Gasteiger partial charge in [0.05, 0.1) is 6.21 Å². The molecule has 0 spiro atoms. The van der Waals surface area contributed by atoms with Gasteiger partial charge in [-0.25, -0.2) is 10.2 Å². The van der Waals surface area contributed by atoms with Crippen molar-refractivity contribution in [2.24, 2.45) is 12.1 Å². The third-order valence-corrected chi connectivity index (χ3v) is 4.33. The van der Waals surface area contributed by atoms with Gasteiger partial charge in [-0.15, -0.1) is 0 Å². The number of hydrazone groups is 1. The molecule has 0 aromatic carbocycles. The highest BCUT2D eigenvalue weighted by Crippen LogP contribution is 2.17. The van der Waals surface area contributed by atoms with Crippen LogP contribution in [0, 0.1) is 0 Å². The molecule has 9 nitrogen and oxygen atoms in total. The zero-order valence-electron chi connectivity index (χ0n) is 15.5. The number of nitrogens with zero attached hydrogens (tertiary/aromatic N) is 5. The van der Waals surface area contributed by atoms with E-state index >= 15 is 0 Å². The molecule has 0 fully saturated rings. The van der Waals surface area contributed by atoms with Gasteiger partial charge in [-0.2, -0.15) is 10.1 Å². The van der Waals surface area contributed by atoms with E-state index in [2.05, 4.69) is 32.4 Å². The maximum Gasteiger partial charge on any atom is 0.329 e. The molecule has 9 heteroatoms. The van der Waals surface area contributed by atoms with Crippen LogP contribution in [0.4, 0.5) is 5.95 Å². The van der Waals surface area contributed by atoms with Crippen molar-refractivity contribution in [2.45, 2.75) is 39.2 Å². The minimum atomic E-state index is -0.491. The molecule has 3 aromatic heterocycles. The van der Waals surface area contributed by atoms with E-state index in [1.165, 1.54) is 4.57 Å². The molecule has 0 aliphatic heterocycles. The van der Waals surface area contributed by atoms with Crippen molar-refractivity contribution < 1.29 is 0 Å². The van der Waals surface area contributed by atoms with E-state index < -0.39 is 11.2 Å². The van der Waals surface area contributed by atoms with Crippen LogP contribution in [0.15, 0.2) is 39.2 Å². The Balaban J connectivity index is 1.95. The van der Waals surface area contributed by atoms with E-state index in [1.54, 1.807) is 30.2 Å². The fraction of sp³-hybridized carbons (Fsp3) is 0.389. The molecule has 3 rings (SSSR count). The van der Waals surface area contributed by atoms with Gasteiger partial charge in [0.15, 0.2) is 11.2 Å². The molecule has 0 saturated carbocycles. The summed E-state index contributed by atoms with van der Waals surface area (Å²) >= 11 is 0. The number of aromatic nitrogens is 5. The molecule has 0 amide bonds. The van der Waals surface area contributed by atoms with Crippen LogP contribution in [0.25, 0.3) is 11.2 Å². The number of rotatable bonds is 8. The summed E-state index contributed by atoms with van der Waals surface area (Å²) < 4.78 is 3.12. The normalized spacial score (nSPS) is 11.5. The Hall–Kier alpha value is -3.23. The topological polar surface area (TPSA) is 110 Å². The largest absolute Gasteiger partial charge is 0.329 e. The van der Waals surface area contributed by atoms with Crippen molar-refractivity contribution in [3.05, 3.63) is 50.9 Å². The van der Waals surface area contributed by atoms with Gasteiger partial charge in [0.2, 0.25) is 5.95 Å². The molecular weight excluding hydrogens is 346 g/mol. The average molecular weight is 369 g/mol. The molecule has 0 radical (unpaired) electrons. The Morgan fingerprint density at radius 3 is 2.74 bits per heavy atom. The number of H-pyrrole nitrogens is 1. The van der Waals surface area contributed by atoms with Crippen molar-refractivity contribution in [2.75, 3.05) is 5.43 Å². The molecular formula is C18H23N7O2. The van der Waals surface area contributed by atoms with E-state index in [4.69, 9.17) is 0 Å². The predicted molar refractivity (Wildman–Crippen MR) is 105 cm³/mol. The van der Waals surface area contributed by atoms with Gasteiger partial charge in [0.25, 0.3) is 5.56 Å². The lowest BCUT2D eigenvalue weighted by Crippen LogP contribution is -2.29. The van der Waals surface area contributed by atoms with Crippen molar-refractivity contribution in [1.29, 1.82) is 0 Å². The fourth-order valence-electron chi connectivity index (χ4n) is 2.85. The summed E-state index contributed by atoms with van der Waals surface area (Å²) in [4.78, 5) is 35.0. The highest BCUT2D eigenvalue weighted by Gasteiger charge is 2.16. The molecule has 3 heterocycles. The van der Waals surface area contributed by atoms with Crippen LogP contribution in [0.5, 0.6) is 0 Å². The van der Waals surface area contributed by atoms with Gasteiger partial charge in [-0.05, 0) is 24.1 Å². The number of aryl methyl sites for hydroxylation is 2. The number of hydrogen-bond donors (Lipinski definition) is 2. The predicted octanol–water partition coefficient (Wildman–Crippen LogP) is 1.84. The first-order valence-electron chi connectivity index (χ1n) is 9.00. The Labute approximate surface area is 155 Å². The van der Waals surface area contributed by atoms with Crippen LogP contribution < -0.4 is 16.7 Å². The Morgan fingerprint density at radius 2 is 2.00 bits per heavy atom. The summed E-state index contributed by atoms with van der Waals surface area (Å²) in [5.74, 6) is 0.429. The van der Waals surface area contributed by atoms with Crippen LogP contribution >= 0.6 is 0 Å². The number of unbranched alkanes of at least 4 members (excludes halogenated alkanes) is 3. The van der Waals surface area contributed by atoms with Crippen molar-refractivity contribution in [1.82, 2.24) is 24.1 Å². The van der Waals surface area contributed by atoms with Crippen molar-refractivity contribution >= 4 is 23.3 Å². The molecule has 0 unspecified atom stereocenters. The van der Waals surface area contributed by atoms with E-state index in [0.29, 0.717) is 23.7 Å². The molecule has 3 aromatic rings. The van der Waals surface area contributed by atoms with Crippen LogP contribution in [0.3, 0.4) is 0 Å². The number of nitrogens with one attached hydrogen (secondary N) is 2. The third-order valence-electron chi connectivity index (χ3n) is 4.33. The second-order valence-electron chi connectivity index (χ2n) is 6.29. The van der Waals surface area contributed by atoms with Gasteiger partial charge in [-0.1, -0.05) is 26.2 Å². The summed E-state index contributed by atoms with van der Waals surface area (Å²) in [6.45, 7) is 2.76. The molecule has 0 atom stereocenters. The molecule has 27 heavy (non-hydrogen) atoms.